The Morgan fingerprint density at radius 2 is 1.60 bits per heavy atom. The highest BCUT2D eigenvalue weighted by Gasteiger charge is 2.30. The van der Waals surface area contributed by atoms with Crippen LogP contribution in [0.1, 0.15) is 41.6 Å². The van der Waals surface area contributed by atoms with E-state index in [4.69, 9.17) is 9.84 Å². The number of H-pyrrole nitrogens is 1. The highest BCUT2D eigenvalue weighted by molar-refractivity contribution is 6.01. The molecule has 6 rings (SSSR count). The molecule has 2 fully saturated rings. The van der Waals surface area contributed by atoms with Gasteiger partial charge in [0.1, 0.15) is 6.04 Å². The summed E-state index contributed by atoms with van der Waals surface area (Å²) >= 11 is 0. The number of rotatable bonds is 11. The molecule has 2 heterocycles. The first kappa shape index (κ1) is 34.2. The molecule has 1 saturated carbocycles. The molecular weight excluding hydrogens is 640 g/mol. The van der Waals surface area contributed by atoms with E-state index in [1.54, 1.807) is 29.2 Å². The zero-order chi connectivity index (χ0) is 34.9. The first-order valence-corrected chi connectivity index (χ1v) is 16.8. The van der Waals surface area contributed by atoms with Gasteiger partial charge >= 0.3 is 6.09 Å². The number of amides is 4. The van der Waals surface area contributed by atoms with Crippen molar-refractivity contribution >= 4 is 29.5 Å². The van der Waals surface area contributed by atoms with Gasteiger partial charge in [-0.05, 0) is 83.8 Å². The Morgan fingerprint density at radius 3 is 2.28 bits per heavy atom. The molecule has 14 heteroatoms. The number of aromatic nitrogens is 4. The molecule has 1 aliphatic heterocycles. The molecule has 50 heavy (non-hydrogen) atoms. The van der Waals surface area contributed by atoms with Gasteiger partial charge < -0.3 is 30.7 Å². The SMILES string of the molecule is O=C(O)NCC1CCC(C(=O)N[C@@H](Cc2ccc(-c3ccccc3C(=O)N3CCOCC3)cc2)C(=O)Nc2ccc(-c3nn[nH]n3)cc2)CC1. The number of hydrogen-bond acceptors (Lipinski definition) is 8. The van der Waals surface area contributed by atoms with Crippen LogP contribution in [0.2, 0.25) is 0 Å². The van der Waals surface area contributed by atoms with Crippen LogP contribution in [-0.4, -0.2) is 93.3 Å². The number of tetrazole rings is 1. The van der Waals surface area contributed by atoms with Gasteiger partial charge in [0.2, 0.25) is 17.6 Å². The van der Waals surface area contributed by atoms with Gasteiger partial charge in [-0.3, -0.25) is 14.4 Å². The Balaban J connectivity index is 1.16. The number of carbonyl (C=O) groups is 4. The quantitative estimate of drug-likeness (QED) is 0.157. The van der Waals surface area contributed by atoms with Crippen LogP contribution in [0.25, 0.3) is 22.5 Å². The van der Waals surface area contributed by atoms with Crippen molar-refractivity contribution in [2.75, 3.05) is 38.2 Å². The van der Waals surface area contributed by atoms with Crippen molar-refractivity contribution < 1.29 is 29.0 Å². The summed E-state index contributed by atoms with van der Waals surface area (Å²) < 4.78 is 5.42. The second-order valence-corrected chi connectivity index (χ2v) is 12.6. The zero-order valence-electron chi connectivity index (χ0n) is 27.5. The number of carbonyl (C=O) groups excluding carboxylic acids is 3. The van der Waals surface area contributed by atoms with Crippen molar-refractivity contribution in [3.8, 4) is 22.5 Å². The Bertz CT molecular complexity index is 1770. The minimum Gasteiger partial charge on any atom is -0.465 e. The number of aromatic amines is 1. The summed E-state index contributed by atoms with van der Waals surface area (Å²) in [6.07, 6.45) is 1.85. The molecule has 14 nitrogen and oxygen atoms in total. The fourth-order valence-electron chi connectivity index (χ4n) is 6.49. The van der Waals surface area contributed by atoms with E-state index in [9.17, 15) is 19.2 Å². The van der Waals surface area contributed by atoms with Gasteiger partial charge in [0.05, 0.1) is 13.2 Å². The summed E-state index contributed by atoms with van der Waals surface area (Å²) in [6, 6.07) is 21.4. The van der Waals surface area contributed by atoms with E-state index in [2.05, 4.69) is 36.6 Å². The molecule has 1 aliphatic carbocycles. The van der Waals surface area contributed by atoms with Crippen molar-refractivity contribution in [3.63, 3.8) is 0 Å². The lowest BCUT2D eigenvalue weighted by atomic mass is 9.81. The summed E-state index contributed by atoms with van der Waals surface area (Å²) in [7, 11) is 0. The van der Waals surface area contributed by atoms with E-state index < -0.39 is 12.1 Å². The van der Waals surface area contributed by atoms with Crippen LogP contribution in [0.15, 0.2) is 72.8 Å². The van der Waals surface area contributed by atoms with Crippen molar-refractivity contribution in [2.24, 2.45) is 11.8 Å². The van der Waals surface area contributed by atoms with Crippen LogP contribution in [0, 0.1) is 11.8 Å². The van der Waals surface area contributed by atoms with Crippen molar-refractivity contribution in [1.82, 2.24) is 36.2 Å². The summed E-state index contributed by atoms with van der Waals surface area (Å²) in [5.41, 5.74) is 4.41. The predicted octanol–water partition coefficient (Wildman–Crippen LogP) is 3.75. The molecule has 2 aliphatic rings. The van der Waals surface area contributed by atoms with Crippen molar-refractivity contribution in [2.45, 2.75) is 38.1 Å². The van der Waals surface area contributed by atoms with Crippen molar-refractivity contribution in [3.05, 3.63) is 83.9 Å². The number of morpholine rings is 1. The third kappa shape index (κ3) is 8.69. The van der Waals surface area contributed by atoms with Gasteiger partial charge in [0, 0.05) is 48.8 Å². The molecule has 0 unspecified atom stereocenters. The number of benzene rings is 3. The fourth-order valence-corrected chi connectivity index (χ4v) is 6.49. The third-order valence-corrected chi connectivity index (χ3v) is 9.31. The van der Waals surface area contributed by atoms with Crippen molar-refractivity contribution in [1.29, 1.82) is 0 Å². The Labute approximate surface area is 289 Å². The smallest absolute Gasteiger partial charge is 0.404 e. The molecule has 0 bridgehead atoms. The van der Waals surface area contributed by atoms with Gasteiger partial charge in [0.25, 0.3) is 5.91 Å². The van der Waals surface area contributed by atoms with E-state index in [1.807, 2.05) is 48.5 Å². The standard InChI is InChI=1S/C36H40N8O6/c45-33(27-11-7-24(8-12-27)22-37-36(48)49)39-31(34(46)38-28-15-13-26(14-16-28)32-40-42-43-41-32)21-23-5-9-25(10-6-23)29-3-1-2-4-30(29)35(47)44-17-19-50-20-18-44/h1-6,9-10,13-16,24,27,31,37H,7-8,11-12,17-22H2,(H,38,46)(H,39,45)(H,48,49)(H,40,41,42,43)/t24?,27?,31-/m0/s1. The molecule has 1 atom stereocenters. The van der Waals surface area contributed by atoms with E-state index in [1.165, 1.54) is 0 Å². The molecule has 3 aromatic carbocycles. The van der Waals surface area contributed by atoms with Gasteiger partial charge in [-0.25, -0.2) is 4.79 Å². The largest absolute Gasteiger partial charge is 0.465 e. The highest BCUT2D eigenvalue weighted by Crippen LogP contribution is 2.29. The predicted molar refractivity (Wildman–Crippen MR) is 184 cm³/mol. The lowest BCUT2D eigenvalue weighted by molar-refractivity contribution is -0.130. The maximum absolute atomic E-state index is 13.7. The minimum absolute atomic E-state index is 0.0371. The second-order valence-electron chi connectivity index (χ2n) is 12.6. The molecule has 4 aromatic rings. The topological polar surface area (TPSA) is 192 Å². The molecule has 0 spiro atoms. The average Bonchev–Trinajstić information content (AvgIpc) is 3.70. The van der Waals surface area contributed by atoms with Gasteiger partial charge in [-0.1, -0.05) is 42.5 Å². The van der Waals surface area contributed by atoms with Gasteiger partial charge in [0.15, 0.2) is 0 Å². The lowest BCUT2D eigenvalue weighted by Crippen LogP contribution is -2.48. The number of ether oxygens (including phenoxy) is 1. The summed E-state index contributed by atoms with van der Waals surface area (Å²) in [6.45, 7) is 2.50. The van der Waals surface area contributed by atoms with Crippen LogP contribution in [0.5, 0.6) is 0 Å². The van der Waals surface area contributed by atoms with Gasteiger partial charge in [-0.15, -0.1) is 10.2 Å². The molecule has 260 valence electrons. The maximum atomic E-state index is 13.7. The molecule has 1 aromatic heterocycles. The van der Waals surface area contributed by atoms with Crippen LogP contribution in [0.3, 0.4) is 0 Å². The average molecular weight is 681 g/mol. The summed E-state index contributed by atoms with van der Waals surface area (Å²) in [5.74, 6) is -0.270. The zero-order valence-corrected chi connectivity index (χ0v) is 27.5. The van der Waals surface area contributed by atoms with Crippen LogP contribution in [-0.2, 0) is 20.7 Å². The maximum Gasteiger partial charge on any atom is 0.404 e. The fraction of sp³-hybridized carbons (Fsp3) is 0.361. The molecule has 5 N–H and O–H groups in total. The minimum atomic E-state index is -1.05. The van der Waals surface area contributed by atoms with Crippen LogP contribution >= 0.6 is 0 Å². The second kappa shape index (κ2) is 16.2. The summed E-state index contributed by atoms with van der Waals surface area (Å²) in [5, 5.41) is 31.3. The van der Waals surface area contributed by atoms with E-state index in [0.717, 1.165) is 35.1 Å². The lowest BCUT2D eigenvalue weighted by Gasteiger charge is -2.29. The molecule has 1 saturated heterocycles. The number of hydrogen-bond donors (Lipinski definition) is 5. The van der Waals surface area contributed by atoms with Gasteiger partial charge in [-0.2, -0.15) is 5.21 Å². The first-order chi connectivity index (χ1) is 24.3. The molecule has 0 radical (unpaired) electrons. The first-order valence-electron chi connectivity index (χ1n) is 16.8. The highest BCUT2D eigenvalue weighted by atomic mass is 16.5. The monoisotopic (exact) mass is 680 g/mol. The normalized spacial score (nSPS) is 18.1. The third-order valence-electron chi connectivity index (χ3n) is 9.31. The Kier molecular flexibility index (Phi) is 11.1. The van der Waals surface area contributed by atoms with E-state index in [-0.39, 0.29) is 36.0 Å². The number of anilines is 1. The van der Waals surface area contributed by atoms with E-state index >= 15 is 0 Å². The Hall–Kier alpha value is -5.63. The van der Waals surface area contributed by atoms with Crippen LogP contribution < -0.4 is 16.0 Å². The van der Waals surface area contributed by atoms with E-state index in [0.29, 0.717) is 62.8 Å². The number of nitrogens with one attached hydrogen (secondary N) is 4. The molecular formula is C36H40N8O6. The summed E-state index contributed by atoms with van der Waals surface area (Å²) in [4.78, 5) is 53.3. The van der Waals surface area contributed by atoms with Crippen LogP contribution in [0.4, 0.5) is 10.5 Å². The molecule has 4 amide bonds. The Morgan fingerprint density at radius 1 is 0.900 bits per heavy atom. The number of nitrogens with zero attached hydrogens (tertiary/aromatic N) is 4. The number of carboxylic acid groups (broad SMARTS) is 1.